The number of piperidine rings is 1. The molecule has 3 fully saturated rings. The maximum absolute atomic E-state index is 6.27. The van der Waals surface area contributed by atoms with Gasteiger partial charge >= 0.3 is 0 Å². The third-order valence-corrected chi connectivity index (χ3v) is 14.0. The summed E-state index contributed by atoms with van der Waals surface area (Å²) in [5.74, 6) is 2.97. The number of rotatable bonds is 20. The van der Waals surface area contributed by atoms with E-state index in [1.807, 2.05) is 0 Å². The van der Waals surface area contributed by atoms with E-state index in [-0.39, 0.29) is 0 Å². The van der Waals surface area contributed by atoms with E-state index in [1.54, 1.807) is 0 Å². The van der Waals surface area contributed by atoms with Crippen LogP contribution in [0.25, 0.3) is 0 Å². The summed E-state index contributed by atoms with van der Waals surface area (Å²) in [7, 11) is -2.95. The van der Waals surface area contributed by atoms with Crippen LogP contribution >= 0.6 is 0 Å². The van der Waals surface area contributed by atoms with Crippen LogP contribution in [0.2, 0.25) is 39.3 Å². The average Bonchev–Trinajstić information content (AvgIpc) is 3.05. The second-order valence-corrected chi connectivity index (χ2v) is 26.8. The van der Waals surface area contributed by atoms with Crippen molar-refractivity contribution in [2.45, 2.75) is 213 Å². The van der Waals surface area contributed by atoms with Crippen molar-refractivity contribution in [1.29, 1.82) is 0 Å². The first-order valence-electron chi connectivity index (χ1n) is 21.1. The van der Waals surface area contributed by atoms with Crippen LogP contribution in [-0.4, -0.2) is 65.4 Å². The molecule has 1 heterocycles. The van der Waals surface area contributed by atoms with E-state index in [9.17, 15) is 0 Å². The topological polar surface area (TPSA) is 55.2 Å². The fraction of sp³-hybridized carbons (Fsp3) is 0.951. The van der Waals surface area contributed by atoms with Crippen molar-refractivity contribution in [3.63, 3.8) is 0 Å². The van der Waals surface area contributed by atoms with Crippen LogP contribution in [0.5, 0.6) is 0 Å². The molecule has 2 saturated carbocycles. The summed E-state index contributed by atoms with van der Waals surface area (Å²) in [5, 5.41) is 4.28. The lowest BCUT2D eigenvalue weighted by Crippen LogP contribution is -2.51. The smallest absolute Gasteiger partial charge is 0.183 e. The number of hydrogen-bond acceptors (Lipinski definition) is 5. The predicted molar refractivity (Wildman–Crippen MR) is 216 cm³/mol. The average molecular weight is 704 g/mol. The van der Waals surface area contributed by atoms with Crippen molar-refractivity contribution in [1.82, 2.24) is 5.32 Å². The van der Waals surface area contributed by atoms with Gasteiger partial charge < -0.3 is 14.2 Å². The highest BCUT2D eigenvalue weighted by atomic mass is 28.4. The van der Waals surface area contributed by atoms with Crippen LogP contribution < -0.4 is 5.32 Å². The van der Waals surface area contributed by atoms with Crippen LogP contribution in [0.4, 0.5) is 0 Å². The monoisotopic (exact) mass is 704 g/mol. The molecule has 2 aliphatic carbocycles. The summed E-state index contributed by atoms with van der Waals surface area (Å²) < 4.78 is 12.5. The highest BCUT2D eigenvalue weighted by Gasteiger charge is 2.35. The molecule has 6 unspecified atom stereocenters. The van der Waals surface area contributed by atoms with E-state index in [4.69, 9.17) is 18.8 Å². The molecule has 0 radical (unpaired) electrons. The Morgan fingerprint density at radius 2 is 0.854 bits per heavy atom. The summed E-state index contributed by atoms with van der Waals surface area (Å²) >= 11 is 0. The van der Waals surface area contributed by atoms with Gasteiger partial charge in [0.25, 0.3) is 0 Å². The molecule has 0 amide bonds. The zero-order chi connectivity index (χ0) is 35.2. The Morgan fingerprint density at radius 1 is 0.521 bits per heavy atom. The maximum Gasteiger partial charge on any atom is 0.183 e. The van der Waals surface area contributed by atoms with Crippen molar-refractivity contribution in [2.24, 2.45) is 33.7 Å². The first kappa shape index (κ1) is 42.1. The first-order valence-corrected chi connectivity index (χ1v) is 27.9. The molecule has 0 spiro atoms. The Balaban J connectivity index is 1.86. The molecule has 5 nitrogen and oxygen atoms in total. The molecule has 6 atom stereocenters. The number of nitrogens with zero attached hydrogens (tertiary/aromatic N) is 2. The SMILES string of the molecule is CCC1CCCC(CC)C1N=C(CCCCO[Si](C)(C)C)C1CCCC(C(CCCCO[Si](C)(C)C)=NC2C(CC)CCCC2CC)N1. The second kappa shape index (κ2) is 21.2. The van der Waals surface area contributed by atoms with E-state index in [1.165, 1.54) is 108 Å². The second-order valence-electron chi connectivity index (χ2n) is 17.8. The fourth-order valence-corrected chi connectivity index (χ4v) is 10.5. The minimum absolute atomic E-state index is 0.384. The quantitative estimate of drug-likeness (QED) is 0.0780. The van der Waals surface area contributed by atoms with Crippen molar-refractivity contribution in [3.05, 3.63) is 0 Å². The minimum Gasteiger partial charge on any atom is -0.418 e. The van der Waals surface area contributed by atoms with Crippen LogP contribution in [0, 0.1) is 23.7 Å². The van der Waals surface area contributed by atoms with Crippen molar-refractivity contribution in [2.75, 3.05) is 13.2 Å². The third-order valence-electron chi connectivity index (χ3n) is 11.9. The molecule has 280 valence electrons. The van der Waals surface area contributed by atoms with E-state index < -0.39 is 16.6 Å². The molecular weight excluding hydrogens is 623 g/mol. The summed E-state index contributed by atoms with van der Waals surface area (Å²) in [5.41, 5.74) is 2.96. The zero-order valence-corrected chi connectivity index (χ0v) is 35.7. The number of unbranched alkanes of at least 4 members (excludes halogenated alkanes) is 2. The highest BCUT2D eigenvalue weighted by Crippen LogP contribution is 2.38. The van der Waals surface area contributed by atoms with Gasteiger partial charge in [-0.3, -0.25) is 9.98 Å². The normalized spacial score (nSPS) is 31.3. The number of nitrogens with one attached hydrogen (secondary N) is 1. The molecular formula is C41H81N3O2Si2. The van der Waals surface area contributed by atoms with Crippen molar-refractivity contribution in [3.8, 4) is 0 Å². The lowest BCUT2D eigenvalue weighted by atomic mass is 9.74. The van der Waals surface area contributed by atoms with Gasteiger partial charge in [0.2, 0.25) is 0 Å². The molecule has 7 heteroatoms. The number of hydrogen-bond donors (Lipinski definition) is 1. The Morgan fingerprint density at radius 3 is 1.17 bits per heavy atom. The van der Waals surface area contributed by atoms with E-state index in [0.29, 0.717) is 24.2 Å². The molecule has 3 aliphatic rings. The van der Waals surface area contributed by atoms with Gasteiger partial charge in [-0.25, -0.2) is 0 Å². The standard InChI is InChI=1S/C41H81N3O2Si2/c1-11-32-22-19-23-33(12-2)40(32)43-38(26-15-17-30-45-47(5,6)7)36-28-21-29-37(42-36)39(27-16-18-31-46-48(8,9)10)44-41-34(13-3)24-20-25-35(41)14-4/h32-37,40-42H,11-31H2,1-10H3. The van der Waals surface area contributed by atoms with Crippen molar-refractivity contribution >= 4 is 28.1 Å². The number of aliphatic imine (C=N–C) groups is 2. The van der Waals surface area contributed by atoms with E-state index >= 15 is 0 Å². The van der Waals surface area contributed by atoms with Crippen LogP contribution in [0.15, 0.2) is 9.98 Å². The van der Waals surface area contributed by atoms with Gasteiger partial charge in [-0.15, -0.1) is 0 Å². The molecule has 1 N–H and O–H groups in total. The van der Waals surface area contributed by atoms with Gasteiger partial charge in [0.05, 0.1) is 12.1 Å². The third kappa shape index (κ3) is 14.3. The summed E-state index contributed by atoms with van der Waals surface area (Å²) in [4.78, 5) is 11.7. The highest BCUT2D eigenvalue weighted by molar-refractivity contribution is 6.70. The molecule has 48 heavy (non-hydrogen) atoms. The van der Waals surface area contributed by atoms with E-state index in [2.05, 4.69) is 72.3 Å². The Labute approximate surface area is 301 Å². The van der Waals surface area contributed by atoms with Gasteiger partial charge in [0.1, 0.15) is 0 Å². The van der Waals surface area contributed by atoms with Gasteiger partial charge in [0.15, 0.2) is 16.6 Å². The van der Waals surface area contributed by atoms with Gasteiger partial charge in [0, 0.05) is 36.7 Å². The summed E-state index contributed by atoms with van der Waals surface area (Å²) in [6.07, 6.45) is 23.8. The molecule has 0 bridgehead atoms. The first-order chi connectivity index (χ1) is 22.9. The molecule has 0 aromatic rings. The Bertz CT molecular complexity index is 860. The van der Waals surface area contributed by atoms with Gasteiger partial charge in [-0.1, -0.05) is 66.2 Å². The van der Waals surface area contributed by atoms with E-state index in [0.717, 1.165) is 62.6 Å². The van der Waals surface area contributed by atoms with Crippen LogP contribution in [0.1, 0.15) is 150 Å². The minimum atomic E-state index is -1.47. The van der Waals surface area contributed by atoms with Crippen LogP contribution in [-0.2, 0) is 8.85 Å². The van der Waals surface area contributed by atoms with Gasteiger partial charge in [-0.05, 0) is 146 Å². The molecule has 3 rings (SSSR count). The van der Waals surface area contributed by atoms with Crippen LogP contribution in [0.3, 0.4) is 0 Å². The fourth-order valence-electron chi connectivity index (χ4n) is 9.02. The lowest BCUT2D eigenvalue weighted by Gasteiger charge is -2.39. The zero-order valence-electron chi connectivity index (χ0n) is 33.7. The lowest BCUT2D eigenvalue weighted by molar-refractivity contribution is 0.210. The summed E-state index contributed by atoms with van der Waals surface area (Å²) in [6.45, 7) is 25.3. The molecule has 1 saturated heterocycles. The van der Waals surface area contributed by atoms with Crippen molar-refractivity contribution < 1.29 is 8.85 Å². The molecule has 0 aromatic heterocycles. The van der Waals surface area contributed by atoms with Gasteiger partial charge in [-0.2, -0.15) is 0 Å². The largest absolute Gasteiger partial charge is 0.418 e. The maximum atomic E-state index is 6.27. The summed E-state index contributed by atoms with van der Waals surface area (Å²) in [6, 6.07) is 1.77. The Hall–Kier alpha value is -0.346. The Kier molecular flexibility index (Phi) is 18.6. The molecule has 0 aromatic carbocycles. The predicted octanol–water partition coefficient (Wildman–Crippen LogP) is 11.6. The molecule has 1 aliphatic heterocycles.